The summed E-state index contributed by atoms with van der Waals surface area (Å²) in [6, 6.07) is 0.226. The van der Waals surface area contributed by atoms with Crippen molar-refractivity contribution < 1.29 is 9.53 Å². The van der Waals surface area contributed by atoms with Crippen molar-refractivity contribution in [2.75, 3.05) is 6.61 Å². The zero-order valence-electron chi connectivity index (χ0n) is 6.04. The Morgan fingerprint density at radius 1 is 1.90 bits per heavy atom. The smallest absolute Gasteiger partial charge is 0.302 e. The van der Waals surface area contributed by atoms with Crippen LogP contribution in [0.1, 0.15) is 19.8 Å². The standard InChI is InChI=1S/C7H11NO2/c1-6(9)10-5-7-3-2-4-8-7/h4,7H,2-3,5H2,1H3. The summed E-state index contributed by atoms with van der Waals surface area (Å²) in [7, 11) is 0. The average Bonchev–Trinajstić information content (AvgIpc) is 2.34. The monoisotopic (exact) mass is 141 g/mol. The van der Waals surface area contributed by atoms with Crippen LogP contribution in [0.3, 0.4) is 0 Å². The van der Waals surface area contributed by atoms with Crippen LogP contribution in [-0.4, -0.2) is 24.8 Å². The van der Waals surface area contributed by atoms with E-state index in [1.165, 1.54) is 6.92 Å². The molecular weight excluding hydrogens is 130 g/mol. The second-order valence-corrected chi connectivity index (χ2v) is 2.37. The molecule has 0 fully saturated rings. The maximum Gasteiger partial charge on any atom is 0.302 e. The van der Waals surface area contributed by atoms with Crippen molar-refractivity contribution in [3.63, 3.8) is 0 Å². The van der Waals surface area contributed by atoms with E-state index < -0.39 is 0 Å². The van der Waals surface area contributed by atoms with Gasteiger partial charge in [-0.15, -0.1) is 0 Å². The van der Waals surface area contributed by atoms with E-state index in [-0.39, 0.29) is 12.0 Å². The molecule has 0 radical (unpaired) electrons. The van der Waals surface area contributed by atoms with Gasteiger partial charge < -0.3 is 4.74 Å². The summed E-state index contributed by atoms with van der Waals surface area (Å²) < 4.78 is 4.77. The number of carbonyl (C=O) groups excluding carboxylic acids is 1. The van der Waals surface area contributed by atoms with E-state index in [2.05, 4.69) is 4.99 Å². The molecule has 0 aromatic rings. The fraction of sp³-hybridized carbons (Fsp3) is 0.714. The third-order valence-corrected chi connectivity index (χ3v) is 1.42. The fourth-order valence-corrected chi connectivity index (χ4v) is 0.905. The molecule has 0 aliphatic carbocycles. The van der Waals surface area contributed by atoms with Gasteiger partial charge in [-0.2, -0.15) is 0 Å². The van der Waals surface area contributed by atoms with E-state index in [1.54, 1.807) is 0 Å². The summed E-state index contributed by atoms with van der Waals surface area (Å²) in [6.07, 6.45) is 3.92. The van der Waals surface area contributed by atoms with Crippen molar-refractivity contribution in [1.29, 1.82) is 0 Å². The topological polar surface area (TPSA) is 38.7 Å². The van der Waals surface area contributed by atoms with E-state index >= 15 is 0 Å². The highest BCUT2D eigenvalue weighted by molar-refractivity contribution is 5.66. The predicted octanol–water partition coefficient (Wildman–Crippen LogP) is 0.783. The summed E-state index contributed by atoms with van der Waals surface area (Å²) in [5.74, 6) is -0.220. The van der Waals surface area contributed by atoms with Gasteiger partial charge >= 0.3 is 5.97 Å². The quantitative estimate of drug-likeness (QED) is 0.533. The molecule has 0 amide bonds. The number of hydrogen-bond donors (Lipinski definition) is 0. The van der Waals surface area contributed by atoms with Crippen LogP contribution in [0.25, 0.3) is 0 Å². The average molecular weight is 141 g/mol. The van der Waals surface area contributed by atoms with Crippen LogP contribution < -0.4 is 0 Å². The maximum absolute atomic E-state index is 10.3. The van der Waals surface area contributed by atoms with Gasteiger partial charge in [-0.05, 0) is 19.1 Å². The van der Waals surface area contributed by atoms with Gasteiger partial charge in [0.15, 0.2) is 0 Å². The SMILES string of the molecule is CC(=O)OCC1CCC=N1. The first kappa shape index (κ1) is 7.25. The minimum absolute atomic E-state index is 0.220. The first-order valence-electron chi connectivity index (χ1n) is 3.44. The van der Waals surface area contributed by atoms with Gasteiger partial charge in [0.2, 0.25) is 0 Å². The molecule has 3 nitrogen and oxygen atoms in total. The largest absolute Gasteiger partial charge is 0.464 e. The van der Waals surface area contributed by atoms with Crippen molar-refractivity contribution in [3.8, 4) is 0 Å². The number of hydrogen-bond acceptors (Lipinski definition) is 3. The lowest BCUT2D eigenvalue weighted by Crippen LogP contribution is -2.12. The summed E-state index contributed by atoms with van der Waals surface area (Å²) in [5.41, 5.74) is 0. The lowest BCUT2D eigenvalue weighted by molar-refractivity contribution is -0.141. The highest BCUT2D eigenvalue weighted by Crippen LogP contribution is 2.07. The third kappa shape index (κ3) is 2.17. The number of aliphatic imine (C=N–C) groups is 1. The van der Waals surface area contributed by atoms with Gasteiger partial charge in [0, 0.05) is 6.92 Å². The highest BCUT2D eigenvalue weighted by Gasteiger charge is 2.10. The van der Waals surface area contributed by atoms with Gasteiger partial charge in [0.25, 0.3) is 0 Å². The Morgan fingerprint density at radius 3 is 3.20 bits per heavy atom. The van der Waals surface area contributed by atoms with Gasteiger partial charge in [0.05, 0.1) is 6.04 Å². The molecule has 3 heteroatoms. The van der Waals surface area contributed by atoms with Crippen LogP contribution in [0.5, 0.6) is 0 Å². The molecule has 1 heterocycles. The maximum atomic E-state index is 10.3. The number of carbonyl (C=O) groups is 1. The van der Waals surface area contributed by atoms with E-state index in [0.29, 0.717) is 6.61 Å². The van der Waals surface area contributed by atoms with E-state index in [1.807, 2.05) is 6.21 Å². The second kappa shape index (κ2) is 3.34. The summed E-state index contributed by atoms with van der Waals surface area (Å²) in [5, 5.41) is 0. The van der Waals surface area contributed by atoms with Crippen LogP contribution in [0.15, 0.2) is 4.99 Å². The molecule has 0 bridgehead atoms. The zero-order valence-corrected chi connectivity index (χ0v) is 6.04. The predicted molar refractivity (Wildman–Crippen MR) is 38.1 cm³/mol. The lowest BCUT2D eigenvalue weighted by atomic mass is 10.2. The first-order valence-corrected chi connectivity index (χ1v) is 3.44. The Labute approximate surface area is 60.1 Å². The lowest BCUT2D eigenvalue weighted by Gasteiger charge is -2.04. The third-order valence-electron chi connectivity index (χ3n) is 1.42. The Balaban J connectivity index is 2.13. The summed E-state index contributed by atoms with van der Waals surface area (Å²) in [4.78, 5) is 14.4. The number of rotatable bonds is 2. The molecule has 1 atom stereocenters. The van der Waals surface area contributed by atoms with Crippen molar-refractivity contribution in [1.82, 2.24) is 0 Å². The van der Waals surface area contributed by atoms with Crippen LogP contribution in [0, 0.1) is 0 Å². The molecule has 0 aromatic carbocycles. The Morgan fingerprint density at radius 2 is 2.70 bits per heavy atom. The van der Waals surface area contributed by atoms with Crippen LogP contribution in [0.4, 0.5) is 0 Å². The molecular formula is C7H11NO2. The molecule has 0 saturated carbocycles. The van der Waals surface area contributed by atoms with Crippen molar-refractivity contribution in [2.45, 2.75) is 25.8 Å². The van der Waals surface area contributed by atoms with Gasteiger partial charge in [-0.3, -0.25) is 9.79 Å². The van der Waals surface area contributed by atoms with Gasteiger partial charge in [0.1, 0.15) is 6.61 Å². The molecule has 10 heavy (non-hydrogen) atoms. The molecule has 1 aliphatic heterocycles. The fourth-order valence-electron chi connectivity index (χ4n) is 0.905. The van der Waals surface area contributed by atoms with Crippen molar-refractivity contribution >= 4 is 12.2 Å². The van der Waals surface area contributed by atoms with Crippen LogP contribution in [-0.2, 0) is 9.53 Å². The minimum atomic E-state index is -0.220. The van der Waals surface area contributed by atoms with Crippen LogP contribution in [0.2, 0.25) is 0 Å². The van der Waals surface area contributed by atoms with Gasteiger partial charge in [-0.1, -0.05) is 0 Å². The second-order valence-electron chi connectivity index (χ2n) is 2.37. The zero-order chi connectivity index (χ0) is 7.40. The van der Waals surface area contributed by atoms with Crippen molar-refractivity contribution in [2.24, 2.45) is 4.99 Å². The van der Waals surface area contributed by atoms with E-state index in [0.717, 1.165) is 12.8 Å². The molecule has 56 valence electrons. The molecule has 1 rings (SSSR count). The number of esters is 1. The highest BCUT2D eigenvalue weighted by atomic mass is 16.5. The molecule has 0 N–H and O–H groups in total. The normalized spacial score (nSPS) is 23.1. The van der Waals surface area contributed by atoms with Crippen LogP contribution >= 0.6 is 0 Å². The molecule has 1 aliphatic rings. The van der Waals surface area contributed by atoms with Gasteiger partial charge in [-0.25, -0.2) is 0 Å². The minimum Gasteiger partial charge on any atom is -0.464 e. The van der Waals surface area contributed by atoms with E-state index in [9.17, 15) is 4.79 Å². The Hall–Kier alpha value is -0.860. The first-order chi connectivity index (χ1) is 4.79. The summed E-state index contributed by atoms with van der Waals surface area (Å²) in [6.45, 7) is 1.87. The number of nitrogens with zero attached hydrogens (tertiary/aromatic N) is 1. The Bertz CT molecular complexity index is 154. The molecule has 0 saturated heterocycles. The summed E-state index contributed by atoms with van der Waals surface area (Å²) >= 11 is 0. The molecule has 0 spiro atoms. The molecule has 0 aromatic heterocycles. The number of ether oxygens (including phenoxy) is 1. The molecule has 1 unspecified atom stereocenters. The Kier molecular flexibility index (Phi) is 2.42. The van der Waals surface area contributed by atoms with E-state index in [4.69, 9.17) is 4.74 Å². The van der Waals surface area contributed by atoms with Crippen molar-refractivity contribution in [3.05, 3.63) is 0 Å².